The largest absolute Gasteiger partial charge is 0.494 e. The summed E-state index contributed by atoms with van der Waals surface area (Å²) >= 11 is 0. The van der Waals surface area contributed by atoms with Gasteiger partial charge in [-0.05, 0) is 51.0 Å². The summed E-state index contributed by atoms with van der Waals surface area (Å²) in [6.45, 7) is 8.21. The van der Waals surface area contributed by atoms with Crippen LogP contribution in [0.25, 0.3) is 0 Å². The highest BCUT2D eigenvalue weighted by atomic mass is 127. The molecule has 2 aromatic rings. The molecule has 0 fully saturated rings. The molecule has 0 unspecified atom stereocenters. The summed E-state index contributed by atoms with van der Waals surface area (Å²) in [5.41, 5.74) is 7.92. The predicted octanol–water partition coefficient (Wildman–Crippen LogP) is 4.47. The quantitative estimate of drug-likeness (QED) is 0.287. The smallest absolute Gasteiger partial charge is 0.193 e. The molecular weight excluding hydrogens is 469 g/mol. The summed E-state index contributed by atoms with van der Waals surface area (Å²) in [6, 6.07) is 13.6. The van der Waals surface area contributed by atoms with Crippen molar-refractivity contribution in [1.82, 2.24) is 0 Å². The molecule has 0 radical (unpaired) electrons. The Morgan fingerprint density at radius 3 is 2.32 bits per heavy atom. The van der Waals surface area contributed by atoms with Crippen molar-refractivity contribution in [3.05, 3.63) is 48.0 Å². The van der Waals surface area contributed by atoms with Gasteiger partial charge in [-0.1, -0.05) is 18.2 Å². The number of para-hydroxylation sites is 1. The topological polar surface area (TPSA) is 78.1 Å². The Hall–Kier alpha value is -2.16. The first kappa shape index (κ1) is 23.9. The maximum atomic E-state index is 6.07. The summed E-state index contributed by atoms with van der Waals surface area (Å²) in [5, 5.41) is 3.11. The number of benzene rings is 2. The van der Waals surface area contributed by atoms with Gasteiger partial charge < -0.3 is 25.3 Å². The second-order valence-electron chi connectivity index (χ2n) is 5.71. The molecule has 0 aliphatic carbocycles. The number of hydrogen-bond acceptors (Lipinski definition) is 4. The first-order chi connectivity index (χ1) is 13.2. The highest BCUT2D eigenvalue weighted by molar-refractivity contribution is 14.0. The molecule has 7 heteroatoms. The third-order valence-corrected chi connectivity index (χ3v) is 3.76. The van der Waals surface area contributed by atoms with Gasteiger partial charge in [0.25, 0.3) is 0 Å². The van der Waals surface area contributed by atoms with Gasteiger partial charge in [0.2, 0.25) is 0 Å². The number of halogens is 1. The van der Waals surface area contributed by atoms with Crippen molar-refractivity contribution in [3.63, 3.8) is 0 Å². The number of nitrogens with two attached hydrogens (primary N) is 1. The lowest BCUT2D eigenvalue weighted by Crippen LogP contribution is -2.23. The van der Waals surface area contributed by atoms with E-state index in [9.17, 15) is 0 Å². The molecular formula is C21H30IN3O3. The van der Waals surface area contributed by atoms with Gasteiger partial charge in [0, 0.05) is 12.6 Å². The molecule has 0 aliphatic rings. The number of aliphatic imine (C=N–C) groups is 1. The lowest BCUT2D eigenvalue weighted by Gasteiger charge is -2.14. The second-order valence-corrected chi connectivity index (χ2v) is 5.71. The van der Waals surface area contributed by atoms with E-state index in [4.69, 9.17) is 19.9 Å². The van der Waals surface area contributed by atoms with E-state index in [0.29, 0.717) is 38.1 Å². The fourth-order valence-corrected chi connectivity index (χ4v) is 2.63. The Kier molecular flexibility index (Phi) is 11.2. The summed E-state index contributed by atoms with van der Waals surface area (Å²) in [5.74, 6) is 2.69. The molecule has 0 atom stereocenters. The number of guanidine groups is 1. The van der Waals surface area contributed by atoms with Crippen LogP contribution in [0.3, 0.4) is 0 Å². The van der Waals surface area contributed by atoms with Crippen LogP contribution in [-0.2, 0) is 6.42 Å². The number of rotatable bonds is 10. The standard InChI is InChI=1S/C21H29N3O3.HI/c1-4-25-17-11-12-20(27-6-3)18(15-17)24-21(22)23-14-13-16-9-7-8-10-19(16)26-5-2;/h7-12,15H,4-6,13-14H2,1-3H3,(H3,22,23,24);1H. The van der Waals surface area contributed by atoms with Gasteiger partial charge >= 0.3 is 0 Å². The number of nitrogens with zero attached hydrogens (tertiary/aromatic N) is 1. The highest BCUT2D eigenvalue weighted by Gasteiger charge is 2.07. The molecule has 0 spiro atoms. The van der Waals surface area contributed by atoms with Gasteiger partial charge in [-0.3, -0.25) is 4.99 Å². The maximum Gasteiger partial charge on any atom is 0.193 e. The molecule has 0 saturated heterocycles. The van der Waals surface area contributed by atoms with Gasteiger partial charge in [0.15, 0.2) is 5.96 Å². The molecule has 0 saturated carbocycles. The van der Waals surface area contributed by atoms with E-state index in [1.807, 2.05) is 63.2 Å². The average molecular weight is 499 g/mol. The molecule has 154 valence electrons. The van der Waals surface area contributed by atoms with Crippen molar-refractivity contribution in [3.8, 4) is 17.2 Å². The summed E-state index contributed by atoms with van der Waals surface area (Å²) in [4.78, 5) is 4.42. The van der Waals surface area contributed by atoms with Crippen LogP contribution in [-0.4, -0.2) is 32.3 Å². The normalized spacial score (nSPS) is 10.8. The number of ether oxygens (including phenoxy) is 3. The Morgan fingerprint density at radius 1 is 0.929 bits per heavy atom. The molecule has 0 heterocycles. The van der Waals surface area contributed by atoms with E-state index in [1.54, 1.807) is 0 Å². The van der Waals surface area contributed by atoms with Crippen molar-refractivity contribution in [2.45, 2.75) is 27.2 Å². The fraction of sp³-hybridized carbons (Fsp3) is 0.381. The molecule has 28 heavy (non-hydrogen) atoms. The third-order valence-electron chi connectivity index (χ3n) is 3.76. The first-order valence-corrected chi connectivity index (χ1v) is 9.35. The van der Waals surface area contributed by atoms with Gasteiger partial charge in [0.05, 0.1) is 25.5 Å². The predicted molar refractivity (Wildman–Crippen MR) is 126 cm³/mol. The SMILES string of the molecule is CCOc1ccc(OCC)c(NC(N)=NCCc2ccccc2OCC)c1.I. The zero-order valence-corrected chi connectivity index (χ0v) is 19.1. The monoisotopic (exact) mass is 499 g/mol. The van der Waals surface area contributed by atoms with Crippen molar-refractivity contribution >= 4 is 35.6 Å². The Morgan fingerprint density at radius 2 is 1.61 bits per heavy atom. The molecule has 0 bridgehead atoms. The van der Waals surface area contributed by atoms with Crippen molar-refractivity contribution < 1.29 is 14.2 Å². The van der Waals surface area contributed by atoms with Crippen LogP contribution in [0.4, 0.5) is 5.69 Å². The van der Waals surface area contributed by atoms with Crippen molar-refractivity contribution in [1.29, 1.82) is 0 Å². The molecule has 3 N–H and O–H groups in total. The van der Waals surface area contributed by atoms with Gasteiger partial charge in [-0.2, -0.15) is 0 Å². The third kappa shape index (κ3) is 7.46. The molecule has 0 amide bonds. The van der Waals surface area contributed by atoms with E-state index in [0.717, 1.165) is 29.2 Å². The Balaban J connectivity index is 0.00000392. The lowest BCUT2D eigenvalue weighted by molar-refractivity contribution is 0.332. The minimum Gasteiger partial charge on any atom is -0.494 e. The zero-order valence-electron chi connectivity index (χ0n) is 16.7. The van der Waals surface area contributed by atoms with Gasteiger partial charge in [-0.25, -0.2) is 0 Å². The summed E-state index contributed by atoms with van der Waals surface area (Å²) < 4.78 is 16.8. The zero-order chi connectivity index (χ0) is 19.5. The molecule has 2 rings (SSSR count). The van der Waals surface area contributed by atoms with Crippen molar-refractivity contribution in [2.24, 2.45) is 10.7 Å². The molecule has 2 aromatic carbocycles. The minimum absolute atomic E-state index is 0. The Labute approximate surface area is 184 Å². The number of anilines is 1. The molecule has 0 aromatic heterocycles. The van der Waals surface area contributed by atoms with Crippen molar-refractivity contribution in [2.75, 3.05) is 31.7 Å². The molecule has 0 aliphatic heterocycles. The molecule has 6 nitrogen and oxygen atoms in total. The Bertz CT molecular complexity index is 753. The van der Waals surface area contributed by atoms with E-state index in [2.05, 4.69) is 10.3 Å². The van der Waals surface area contributed by atoms with E-state index < -0.39 is 0 Å². The maximum absolute atomic E-state index is 6.07. The lowest BCUT2D eigenvalue weighted by atomic mass is 10.1. The van der Waals surface area contributed by atoms with Crippen LogP contribution in [0.5, 0.6) is 17.2 Å². The highest BCUT2D eigenvalue weighted by Crippen LogP contribution is 2.29. The van der Waals surface area contributed by atoms with Gasteiger partial charge in [-0.15, -0.1) is 24.0 Å². The fourth-order valence-electron chi connectivity index (χ4n) is 2.63. The van der Waals surface area contributed by atoms with Crippen LogP contribution in [0, 0.1) is 0 Å². The van der Waals surface area contributed by atoms with E-state index in [-0.39, 0.29) is 24.0 Å². The van der Waals surface area contributed by atoms with Gasteiger partial charge in [0.1, 0.15) is 17.2 Å². The minimum atomic E-state index is 0. The van der Waals surface area contributed by atoms with Crippen LogP contribution in [0.15, 0.2) is 47.5 Å². The van der Waals surface area contributed by atoms with E-state index in [1.165, 1.54) is 0 Å². The van der Waals surface area contributed by atoms with Crippen LogP contribution < -0.4 is 25.3 Å². The van der Waals surface area contributed by atoms with Crippen LogP contribution >= 0.6 is 24.0 Å². The first-order valence-electron chi connectivity index (χ1n) is 9.35. The summed E-state index contributed by atoms with van der Waals surface area (Å²) in [6.07, 6.45) is 0.746. The number of hydrogen-bond donors (Lipinski definition) is 2. The number of nitrogens with one attached hydrogen (secondary N) is 1. The van der Waals surface area contributed by atoms with Crippen LogP contribution in [0.2, 0.25) is 0 Å². The van der Waals surface area contributed by atoms with Crippen LogP contribution in [0.1, 0.15) is 26.3 Å². The van der Waals surface area contributed by atoms with E-state index >= 15 is 0 Å². The summed E-state index contributed by atoms with van der Waals surface area (Å²) in [7, 11) is 0. The average Bonchev–Trinajstić information content (AvgIpc) is 2.66. The second kappa shape index (κ2) is 13.1.